The van der Waals surface area contributed by atoms with E-state index in [1.165, 1.54) is 22.5 Å². The quantitative estimate of drug-likeness (QED) is 0.777. The first kappa shape index (κ1) is 16.2. The van der Waals surface area contributed by atoms with Gasteiger partial charge in [0.05, 0.1) is 6.54 Å². The lowest BCUT2D eigenvalue weighted by molar-refractivity contribution is 0.750. The molecule has 2 nitrogen and oxygen atoms in total. The molecule has 0 atom stereocenters. The zero-order valence-electron chi connectivity index (χ0n) is 13.9. The second kappa shape index (κ2) is 7.69. The topological polar surface area (TPSA) is 15.3 Å². The lowest BCUT2D eigenvalue weighted by Gasteiger charge is -2.27. The largest absolute Gasteiger partial charge is 0.387 e. The lowest BCUT2D eigenvalue weighted by Crippen LogP contribution is -2.26. The fourth-order valence-corrected chi connectivity index (χ4v) is 2.40. The monoisotopic (exact) mass is 294 g/mol. The van der Waals surface area contributed by atoms with Gasteiger partial charge in [-0.3, -0.25) is 0 Å². The van der Waals surface area contributed by atoms with Gasteiger partial charge < -0.3 is 10.2 Å². The molecule has 0 aliphatic carbocycles. The van der Waals surface area contributed by atoms with Gasteiger partial charge in [-0.2, -0.15) is 0 Å². The van der Waals surface area contributed by atoms with Crippen molar-refractivity contribution in [3.8, 4) is 0 Å². The Hall–Kier alpha value is -2.22. The van der Waals surface area contributed by atoms with Crippen molar-refractivity contribution in [2.24, 2.45) is 0 Å². The van der Waals surface area contributed by atoms with Crippen LogP contribution in [0.2, 0.25) is 0 Å². The maximum Gasteiger partial charge on any atom is 0.0622 e. The van der Waals surface area contributed by atoms with E-state index in [-0.39, 0.29) is 0 Å². The van der Waals surface area contributed by atoms with Crippen LogP contribution in [0.15, 0.2) is 60.8 Å². The Balaban J connectivity index is 2.28. The molecule has 0 aliphatic heterocycles. The maximum absolute atomic E-state index is 4.17. The third-order valence-corrected chi connectivity index (χ3v) is 3.63. The predicted octanol–water partition coefficient (Wildman–Crippen LogP) is 4.95. The van der Waals surface area contributed by atoms with Gasteiger partial charge in [-0.15, -0.1) is 0 Å². The molecular formula is C20H26N2. The number of rotatable bonds is 7. The van der Waals surface area contributed by atoms with Gasteiger partial charge in [0.15, 0.2) is 0 Å². The first-order valence-electron chi connectivity index (χ1n) is 7.92. The molecule has 0 radical (unpaired) electrons. The van der Waals surface area contributed by atoms with Crippen LogP contribution < -0.4 is 10.2 Å². The van der Waals surface area contributed by atoms with E-state index in [2.05, 4.69) is 86.1 Å². The summed E-state index contributed by atoms with van der Waals surface area (Å²) in [6.45, 7) is 12.3. The maximum atomic E-state index is 4.17. The minimum absolute atomic E-state index is 0.770. The van der Waals surface area contributed by atoms with E-state index < -0.39 is 0 Å². The molecule has 1 N–H and O–H groups in total. The lowest BCUT2D eigenvalue weighted by atomic mass is 10.1. The van der Waals surface area contributed by atoms with Crippen LogP contribution >= 0.6 is 0 Å². The molecule has 2 aromatic carbocycles. The summed E-state index contributed by atoms with van der Waals surface area (Å²) in [5.74, 6) is 0. The molecule has 0 amide bonds. The smallest absolute Gasteiger partial charge is 0.0622 e. The fourth-order valence-electron chi connectivity index (χ4n) is 2.40. The highest BCUT2D eigenvalue weighted by Crippen LogP contribution is 2.26. The van der Waals surface area contributed by atoms with Crippen LogP contribution in [0, 0.1) is 13.8 Å². The van der Waals surface area contributed by atoms with E-state index in [1.807, 2.05) is 0 Å². The van der Waals surface area contributed by atoms with Gasteiger partial charge >= 0.3 is 0 Å². The van der Waals surface area contributed by atoms with Crippen LogP contribution in [0.3, 0.4) is 0 Å². The van der Waals surface area contributed by atoms with Crippen molar-refractivity contribution in [3.63, 3.8) is 0 Å². The normalized spacial score (nSPS) is 10.3. The molecule has 2 aromatic rings. The standard InChI is InChI=1S/C20H26N2/c1-5-13-21-18(4)15-22(19-11-9-16(2)10-12-19)20-8-6-7-17(3)14-20/h6-12,14,21H,4-5,13,15H2,1-3H3. The van der Waals surface area contributed by atoms with Gasteiger partial charge in [-0.1, -0.05) is 43.3 Å². The number of hydrogen-bond acceptors (Lipinski definition) is 2. The van der Waals surface area contributed by atoms with E-state index in [0.29, 0.717) is 0 Å². The Morgan fingerprint density at radius 2 is 1.73 bits per heavy atom. The Morgan fingerprint density at radius 1 is 1.00 bits per heavy atom. The van der Waals surface area contributed by atoms with Crippen molar-refractivity contribution in [2.75, 3.05) is 18.0 Å². The van der Waals surface area contributed by atoms with Crippen molar-refractivity contribution >= 4 is 11.4 Å². The van der Waals surface area contributed by atoms with Crippen LogP contribution in [-0.4, -0.2) is 13.1 Å². The Labute approximate surface area is 134 Å². The molecule has 0 bridgehead atoms. The van der Waals surface area contributed by atoms with Gasteiger partial charge in [0.25, 0.3) is 0 Å². The SMILES string of the molecule is C=C(CN(c1ccc(C)cc1)c1cccc(C)c1)NCCC. The summed E-state index contributed by atoms with van der Waals surface area (Å²) < 4.78 is 0. The van der Waals surface area contributed by atoms with E-state index in [0.717, 1.165) is 25.2 Å². The predicted molar refractivity (Wildman–Crippen MR) is 96.8 cm³/mol. The zero-order valence-corrected chi connectivity index (χ0v) is 13.9. The van der Waals surface area contributed by atoms with E-state index in [9.17, 15) is 0 Å². The molecule has 22 heavy (non-hydrogen) atoms. The highest BCUT2D eigenvalue weighted by atomic mass is 15.2. The van der Waals surface area contributed by atoms with Gasteiger partial charge in [0.2, 0.25) is 0 Å². The summed E-state index contributed by atoms with van der Waals surface area (Å²) in [7, 11) is 0. The minimum Gasteiger partial charge on any atom is -0.387 e. The Bertz CT molecular complexity index is 614. The summed E-state index contributed by atoms with van der Waals surface area (Å²) in [4.78, 5) is 2.30. The van der Waals surface area contributed by atoms with Gasteiger partial charge in [0, 0.05) is 23.6 Å². The first-order valence-corrected chi connectivity index (χ1v) is 7.92. The summed E-state index contributed by atoms with van der Waals surface area (Å²) in [6, 6.07) is 17.2. The average Bonchev–Trinajstić information content (AvgIpc) is 2.51. The van der Waals surface area contributed by atoms with Gasteiger partial charge in [-0.25, -0.2) is 0 Å². The average molecular weight is 294 g/mol. The highest BCUT2D eigenvalue weighted by molar-refractivity contribution is 5.64. The van der Waals surface area contributed by atoms with E-state index in [4.69, 9.17) is 0 Å². The van der Waals surface area contributed by atoms with Crippen LogP contribution in [-0.2, 0) is 0 Å². The molecule has 0 spiro atoms. The van der Waals surface area contributed by atoms with Crippen LogP contribution in [0.25, 0.3) is 0 Å². The van der Waals surface area contributed by atoms with E-state index >= 15 is 0 Å². The number of aryl methyl sites for hydroxylation is 2. The summed E-state index contributed by atoms with van der Waals surface area (Å²) in [6.07, 6.45) is 1.11. The highest BCUT2D eigenvalue weighted by Gasteiger charge is 2.10. The van der Waals surface area contributed by atoms with Crippen molar-refractivity contribution in [3.05, 3.63) is 71.9 Å². The van der Waals surface area contributed by atoms with Crippen molar-refractivity contribution in [1.82, 2.24) is 5.32 Å². The summed E-state index contributed by atoms with van der Waals surface area (Å²) >= 11 is 0. The molecule has 0 aromatic heterocycles. The molecule has 116 valence electrons. The third kappa shape index (κ3) is 4.39. The van der Waals surface area contributed by atoms with Crippen LogP contribution in [0.1, 0.15) is 24.5 Å². The van der Waals surface area contributed by atoms with Crippen molar-refractivity contribution in [1.29, 1.82) is 0 Å². The summed E-state index contributed by atoms with van der Waals surface area (Å²) in [5, 5.41) is 3.39. The molecule has 0 saturated carbocycles. The molecule has 0 unspecified atom stereocenters. The first-order chi connectivity index (χ1) is 10.6. The number of hydrogen-bond donors (Lipinski definition) is 1. The molecule has 2 heteroatoms. The fraction of sp³-hybridized carbons (Fsp3) is 0.300. The Kier molecular flexibility index (Phi) is 5.65. The van der Waals surface area contributed by atoms with Crippen LogP contribution in [0.4, 0.5) is 11.4 Å². The number of anilines is 2. The molecule has 2 rings (SSSR count). The second-order valence-electron chi connectivity index (χ2n) is 5.79. The second-order valence-corrected chi connectivity index (χ2v) is 5.79. The minimum atomic E-state index is 0.770. The summed E-state index contributed by atoms with van der Waals surface area (Å²) in [5.41, 5.74) is 5.97. The molecule has 0 fully saturated rings. The molecule has 0 saturated heterocycles. The number of nitrogens with one attached hydrogen (secondary N) is 1. The molecule has 0 heterocycles. The zero-order chi connectivity index (χ0) is 15.9. The number of nitrogens with zero attached hydrogens (tertiary/aromatic N) is 1. The molecule has 0 aliphatic rings. The van der Waals surface area contributed by atoms with Crippen molar-refractivity contribution in [2.45, 2.75) is 27.2 Å². The van der Waals surface area contributed by atoms with Gasteiger partial charge in [0.1, 0.15) is 0 Å². The molecular weight excluding hydrogens is 268 g/mol. The Morgan fingerprint density at radius 3 is 2.36 bits per heavy atom. The van der Waals surface area contributed by atoms with Crippen LogP contribution in [0.5, 0.6) is 0 Å². The van der Waals surface area contributed by atoms with Crippen molar-refractivity contribution < 1.29 is 0 Å². The third-order valence-electron chi connectivity index (χ3n) is 3.63. The number of benzene rings is 2. The van der Waals surface area contributed by atoms with E-state index in [1.54, 1.807) is 0 Å². The van der Waals surface area contributed by atoms with Gasteiger partial charge in [-0.05, 0) is 50.1 Å².